The highest BCUT2D eigenvalue weighted by Crippen LogP contribution is 2.47. The molecule has 4 atom stereocenters. The van der Waals surface area contributed by atoms with E-state index in [0.29, 0.717) is 24.4 Å². The molecule has 0 radical (unpaired) electrons. The molecule has 0 aromatic rings. The van der Waals surface area contributed by atoms with Crippen molar-refractivity contribution in [3.63, 3.8) is 0 Å². The van der Waals surface area contributed by atoms with Crippen molar-refractivity contribution >= 4 is 5.97 Å². The number of carbonyl (C=O) groups is 1. The minimum absolute atomic E-state index is 0.0547. The second-order valence-corrected chi connectivity index (χ2v) is 4.11. The van der Waals surface area contributed by atoms with E-state index in [4.69, 9.17) is 4.74 Å². The summed E-state index contributed by atoms with van der Waals surface area (Å²) < 4.78 is 5.10. The average molecular weight is 164 g/mol. The Morgan fingerprint density at radius 2 is 2.00 bits per heavy atom. The number of hydrogen-bond donors (Lipinski definition) is 0. The minimum atomic E-state index is 0.0547. The van der Waals surface area contributed by atoms with E-state index in [1.807, 2.05) is 0 Å². The standard InChI is InChI=1S/C10H12O2/c11-10-9-7-3-1-6(2-4-7)8(9)5-12-10/h1,3,6-9H,2,4-5H2. The Hall–Kier alpha value is -0.790. The van der Waals surface area contributed by atoms with Gasteiger partial charge in [0, 0.05) is 5.92 Å². The first-order chi connectivity index (χ1) is 5.86. The SMILES string of the molecule is O=C1OCC2C3C=CC(CC3)C12. The van der Waals surface area contributed by atoms with Gasteiger partial charge in [0.1, 0.15) is 0 Å². The largest absolute Gasteiger partial charge is 0.465 e. The second-order valence-electron chi connectivity index (χ2n) is 4.11. The number of hydrogen-bond acceptors (Lipinski definition) is 2. The van der Waals surface area contributed by atoms with E-state index in [-0.39, 0.29) is 11.9 Å². The Labute approximate surface area is 71.6 Å². The van der Waals surface area contributed by atoms with Crippen LogP contribution in [0, 0.1) is 23.7 Å². The summed E-state index contributed by atoms with van der Waals surface area (Å²) in [5, 5.41) is 0. The Morgan fingerprint density at radius 1 is 1.25 bits per heavy atom. The molecule has 4 unspecified atom stereocenters. The van der Waals surface area contributed by atoms with Crippen molar-refractivity contribution in [3.05, 3.63) is 12.2 Å². The van der Waals surface area contributed by atoms with E-state index >= 15 is 0 Å². The van der Waals surface area contributed by atoms with Gasteiger partial charge in [-0.2, -0.15) is 0 Å². The number of fused-ring (bicyclic) bond motifs is 1. The summed E-state index contributed by atoms with van der Waals surface area (Å²) in [5.41, 5.74) is 0. The van der Waals surface area contributed by atoms with Gasteiger partial charge >= 0.3 is 5.97 Å². The fourth-order valence-electron chi connectivity index (χ4n) is 2.95. The number of carbonyl (C=O) groups excluding carboxylic acids is 1. The molecule has 64 valence electrons. The van der Waals surface area contributed by atoms with E-state index in [2.05, 4.69) is 12.2 Å². The third-order valence-electron chi connectivity index (χ3n) is 3.60. The van der Waals surface area contributed by atoms with Crippen LogP contribution in [0.4, 0.5) is 0 Å². The predicted octanol–water partition coefficient (Wildman–Crippen LogP) is 1.37. The van der Waals surface area contributed by atoms with E-state index < -0.39 is 0 Å². The van der Waals surface area contributed by atoms with E-state index in [0.717, 1.165) is 0 Å². The lowest BCUT2D eigenvalue weighted by Crippen LogP contribution is -2.37. The molecule has 2 bridgehead atoms. The Morgan fingerprint density at radius 3 is 2.67 bits per heavy atom. The fraction of sp³-hybridized carbons (Fsp3) is 0.700. The van der Waals surface area contributed by atoms with Gasteiger partial charge in [-0.1, -0.05) is 12.2 Å². The molecule has 1 saturated carbocycles. The molecule has 1 saturated heterocycles. The number of esters is 1. The fourth-order valence-corrected chi connectivity index (χ4v) is 2.95. The quantitative estimate of drug-likeness (QED) is 0.399. The summed E-state index contributed by atoms with van der Waals surface area (Å²) in [6, 6.07) is 0. The number of cyclic esters (lactones) is 1. The maximum atomic E-state index is 11.3. The zero-order chi connectivity index (χ0) is 8.13. The van der Waals surface area contributed by atoms with Crippen molar-refractivity contribution in [1.29, 1.82) is 0 Å². The Bertz CT molecular complexity index is 257. The lowest BCUT2D eigenvalue weighted by atomic mass is 9.63. The summed E-state index contributed by atoms with van der Waals surface area (Å²) in [4.78, 5) is 11.3. The van der Waals surface area contributed by atoms with Crippen LogP contribution in [0.25, 0.3) is 0 Å². The molecule has 4 aliphatic rings. The van der Waals surface area contributed by atoms with Gasteiger partial charge in [-0.3, -0.25) is 4.79 Å². The topological polar surface area (TPSA) is 26.3 Å². The average Bonchev–Trinajstić information content (AvgIpc) is 2.53. The van der Waals surface area contributed by atoms with Crippen molar-refractivity contribution in [1.82, 2.24) is 0 Å². The minimum Gasteiger partial charge on any atom is -0.465 e. The third-order valence-corrected chi connectivity index (χ3v) is 3.60. The number of rotatable bonds is 0. The predicted molar refractivity (Wildman–Crippen MR) is 43.3 cm³/mol. The number of ether oxygens (including phenoxy) is 1. The molecule has 2 fully saturated rings. The molecule has 1 heterocycles. The van der Waals surface area contributed by atoms with Crippen LogP contribution in [0.5, 0.6) is 0 Å². The normalized spacial score (nSPS) is 49.2. The zero-order valence-corrected chi connectivity index (χ0v) is 6.90. The summed E-state index contributed by atoms with van der Waals surface area (Å²) in [6.07, 6.45) is 6.97. The lowest BCUT2D eigenvalue weighted by Gasteiger charge is -2.38. The molecule has 0 N–H and O–H groups in total. The van der Waals surface area contributed by atoms with Crippen LogP contribution < -0.4 is 0 Å². The van der Waals surface area contributed by atoms with Gasteiger partial charge < -0.3 is 4.74 Å². The molecule has 12 heavy (non-hydrogen) atoms. The molecule has 2 heteroatoms. The van der Waals surface area contributed by atoms with Crippen LogP contribution in [0.2, 0.25) is 0 Å². The van der Waals surface area contributed by atoms with Crippen molar-refractivity contribution in [2.75, 3.05) is 6.61 Å². The molecule has 1 aliphatic heterocycles. The summed E-state index contributed by atoms with van der Waals surface area (Å²) in [6.45, 7) is 0.676. The van der Waals surface area contributed by atoms with Gasteiger partial charge in [-0.25, -0.2) is 0 Å². The molecule has 0 aromatic heterocycles. The first-order valence-corrected chi connectivity index (χ1v) is 4.71. The monoisotopic (exact) mass is 164 g/mol. The van der Waals surface area contributed by atoms with Crippen molar-refractivity contribution in [2.45, 2.75) is 12.8 Å². The first kappa shape index (κ1) is 6.70. The molecule has 2 nitrogen and oxygen atoms in total. The van der Waals surface area contributed by atoms with Gasteiger partial charge in [-0.05, 0) is 24.7 Å². The maximum Gasteiger partial charge on any atom is 0.309 e. The van der Waals surface area contributed by atoms with Crippen LogP contribution in [-0.2, 0) is 9.53 Å². The van der Waals surface area contributed by atoms with Crippen molar-refractivity contribution < 1.29 is 9.53 Å². The highest BCUT2D eigenvalue weighted by atomic mass is 16.5. The van der Waals surface area contributed by atoms with Crippen LogP contribution in [-0.4, -0.2) is 12.6 Å². The highest BCUT2D eigenvalue weighted by Gasteiger charge is 2.49. The van der Waals surface area contributed by atoms with Crippen LogP contribution in [0.15, 0.2) is 12.2 Å². The number of allylic oxidation sites excluding steroid dienone is 2. The molecular weight excluding hydrogens is 152 g/mol. The molecular formula is C10H12O2. The Balaban J connectivity index is 2.01. The third kappa shape index (κ3) is 0.680. The highest BCUT2D eigenvalue weighted by molar-refractivity contribution is 5.76. The molecule has 4 rings (SSSR count). The van der Waals surface area contributed by atoms with Gasteiger partial charge in [0.25, 0.3) is 0 Å². The smallest absolute Gasteiger partial charge is 0.309 e. The molecule has 0 spiro atoms. The van der Waals surface area contributed by atoms with Gasteiger partial charge in [0.2, 0.25) is 0 Å². The van der Waals surface area contributed by atoms with Gasteiger partial charge in [-0.15, -0.1) is 0 Å². The van der Waals surface area contributed by atoms with E-state index in [1.54, 1.807) is 0 Å². The maximum absolute atomic E-state index is 11.3. The van der Waals surface area contributed by atoms with Crippen molar-refractivity contribution in [2.24, 2.45) is 23.7 Å². The second kappa shape index (κ2) is 2.12. The zero-order valence-electron chi connectivity index (χ0n) is 6.90. The summed E-state index contributed by atoms with van der Waals surface area (Å²) in [7, 11) is 0. The van der Waals surface area contributed by atoms with Gasteiger partial charge in [0.05, 0.1) is 12.5 Å². The van der Waals surface area contributed by atoms with Crippen LogP contribution in [0.3, 0.4) is 0 Å². The molecule has 3 aliphatic carbocycles. The van der Waals surface area contributed by atoms with E-state index in [9.17, 15) is 4.79 Å². The lowest BCUT2D eigenvalue weighted by molar-refractivity contribution is -0.142. The summed E-state index contributed by atoms with van der Waals surface area (Å²) in [5.74, 6) is 1.91. The van der Waals surface area contributed by atoms with Crippen LogP contribution in [0.1, 0.15) is 12.8 Å². The molecule has 0 aromatic carbocycles. The van der Waals surface area contributed by atoms with Crippen LogP contribution >= 0.6 is 0 Å². The molecule has 0 amide bonds. The summed E-state index contributed by atoms with van der Waals surface area (Å²) >= 11 is 0. The van der Waals surface area contributed by atoms with E-state index in [1.165, 1.54) is 12.8 Å². The first-order valence-electron chi connectivity index (χ1n) is 4.71. The van der Waals surface area contributed by atoms with Gasteiger partial charge in [0.15, 0.2) is 0 Å². The van der Waals surface area contributed by atoms with Crippen molar-refractivity contribution in [3.8, 4) is 0 Å². The Kier molecular flexibility index (Phi) is 1.18.